The van der Waals surface area contributed by atoms with E-state index in [1.807, 2.05) is 0 Å². The largest absolute Gasteiger partial charge is 0.504 e. The zero-order chi connectivity index (χ0) is 20.8. The first-order valence-corrected chi connectivity index (χ1v) is 10.3. The van der Waals surface area contributed by atoms with Gasteiger partial charge in [-0.05, 0) is 80.9 Å². The Bertz CT molecular complexity index is 782. The van der Waals surface area contributed by atoms with Crippen molar-refractivity contribution >= 4 is 11.9 Å². The molecule has 0 radical (unpaired) electrons. The summed E-state index contributed by atoms with van der Waals surface area (Å²) in [4.78, 5) is 24.8. The van der Waals surface area contributed by atoms with Crippen LogP contribution in [0.4, 0.5) is 0 Å². The van der Waals surface area contributed by atoms with Crippen LogP contribution in [0, 0.1) is 17.8 Å². The molecule has 1 aromatic carbocycles. The first-order valence-electron chi connectivity index (χ1n) is 10.3. The quantitative estimate of drug-likeness (QED) is 0.493. The number of carbonyl (C=O) groups is 2. The Labute approximate surface area is 170 Å². The predicted octanol–water partition coefficient (Wildman–Crippen LogP) is 2.41. The maximum atomic E-state index is 12.4. The number of rotatable bonds is 6. The van der Waals surface area contributed by atoms with Gasteiger partial charge in [0.2, 0.25) is 0 Å². The third kappa shape index (κ3) is 4.20. The predicted molar refractivity (Wildman–Crippen MR) is 104 cm³/mol. The van der Waals surface area contributed by atoms with Crippen LogP contribution in [0.5, 0.6) is 11.5 Å². The summed E-state index contributed by atoms with van der Waals surface area (Å²) in [5, 5.41) is 19.0. The van der Waals surface area contributed by atoms with Gasteiger partial charge in [-0.3, -0.25) is 4.79 Å². The lowest BCUT2D eigenvalue weighted by atomic mass is 9.54. The molecule has 4 N–H and O–H groups in total. The first-order chi connectivity index (χ1) is 13.6. The molecule has 7 nitrogen and oxygen atoms in total. The van der Waals surface area contributed by atoms with Crippen LogP contribution in [0.25, 0.3) is 0 Å². The molecule has 4 aliphatic rings. The molecule has 4 saturated carbocycles. The second-order valence-electron chi connectivity index (χ2n) is 9.57. The Hall–Kier alpha value is -2.28. The average Bonchev–Trinajstić information content (AvgIpc) is 2.61. The van der Waals surface area contributed by atoms with Crippen LogP contribution in [0.2, 0.25) is 0 Å². The highest BCUT2D eigenvalue weighted by atomic mass is 16.6. The second kappa shape index (κ2) is 7.20. The van der Waals surface area contributed by atoms with Crippen molar-refractivity contribution in [3.05, 3.63) is 23.8 Å². The highest BCUT2D eigenvalue weighted by Crippen LogP contribution is 2.57. The van der Waals surface area contributed by atoms with E-state index in [2.05, 4.69) is 0 Å². The van der Waals surface area contributed by atoms with Gasteiger partial charge < -0.3 is 25.4 Å². The topological polar surface area (TPSA) is 119 Å². The third-order valence-corrected chi connectivity index (χ3v) is 6.71. The molecule has 4 fully saturated rings. The highest BCUT2D eigenvalue weighted by molar-refractivity contribution is 5.83. The molecule has 0 aliphatic heterocycles. The summed E-state index contributed by atoms with van der Waals surface area (Å²) < 4.78 is 11.0. The van der Waals surface area contributed by atoms with Gasteiger partial charge in [-0.25, -0.2) is 4.79 Å². The Balaban J connectivity index is 1.30. The number of phenolic OH excluding ortho intramolecular Hbond substituents is 2. The molecule has 0 spiro atoms. The maximum Gasteiger partial charge on any atom is 0.344 e. The molecular weight excluding hydrogens is 374 g/mol. The minimum absolute atomic E-state index is 0.0870. The number of esters is 2. The van der Waals surface area contributed by atoms with Crippen molar-refractivity contribution in [1.82, 2.24) is 0 Å². The highest BCUT2D eigenvalue weighted by Gasteiger charge is 2.53. The number of hydrogen-bond acceptors (Lipinski definition) is 7. The minimum Gasteiger partial charge on any atom is -0.504 e. The molecule has 1 unspecified atom stereocenters. The molecule has 0 saturated heterocycles. The van der Waals surface area contributed by atoms with Crippen LogP contribution >= 0.6 is 0 Å². The van der Waals surface area contributed by atoms with Crippen molar-refractivity contribution in [2.24, 2.45) is 23.5 Å². The summed E-state index contributed by atoms with van der Waals surface area (Å²) in [7, 11) is 0. The van der Waals surface area contributed by atoms with E-state index in [4.69, 9.17) is 15.2 Å². The van der Waals surface area contributed by atoms with E-state index in [0.717, 1.165) is 19.3 Å². The molecule has 158 valence electrons. The van der Waals surface area contributed by atoms with E-state index in [-0.39, 0.29) is 23.5 Å². The molecule has 0 heterocycles. The van der Waals surface area contributed by atoms with Crippen LogP contribution in [-0.2, 0) is 25.5 Å². The lowest BCUT2D eigenvalue weighted by Gasteiger charge is -2.55. The average molecular weight is 403 g/mol. The fourth-order valence-corrected chi connectivity index (χ4v) is 5.89. The van der Waals surface area contributed by atoms with Gasteiger partial charge in [-0.2, -0.15) is 0 Å². The van der Waals surface area contributed by atoms with Gasteiger partial charge >= 0.3 is 11.9 Å². The number of aromatic hydroxyl groups is 2. The summed E-state index contributed by atoms with van der Waals surface area (Å²) in [6, 6.07) is 4.23. The standard InChI is InChI=1S/C22H29NO6/c1-21(23,8-13-2-3-17(24)18(25)7-13)20(27)28-12-19(26)29-22-9-14-4-15(10-22)6-16(5-14)11-22/h2-3,7,14-16,24-25H,4-6,8-12,23H2,1H3. The van der Waals surface area contributed by atoms with Gasteiger partial charge in [-0.15, -0.1) is 0 Å². The van der Waals surface area contributed by atoms with Crippen molar-refractivity contribution in [3.8, 4) is 11.5 Å². The van der Waals surface area contributed by atoms with E-state index in [9.17, 15) is 19.8 Å². The lowest BCUT2D eigenvalue weighted by Crippen LogP contribution is -2.53. The van der Waals surface area contributed by atoms with E-state index in [1.165, 1.54) is 38.3 Å². The number of benzene rings is 1. The molecule has 1 aromatic rings. The minimum atomic E-state index is -1.38. The van der Waals surface area contributed by atoms with Crippen LogP contribution in [-0.4, -0.2) is 39.9 Å². The van der Waals surface area contributed by atoms with Gasteiger partial charge in [0.15, 0.2) is 18.1 Å². The lowest BCUT2D eigenvalue weighted by molar-refractivity contribution is -0.193. The molecule has 4 aliphatic carbocycles. The number of hydrogen-bond donors (Lipinski definition) is 3. The van der Waals surface area contributed by atoms with E-state index >= 15 is 0 Å². The van der Waals surface area contributed by atoms with Gasteiger partial charge in [0.25, 0.3) is 0 Å². The number of nitrogens with two attached hydrogens (primary N) is 1. The van der Waals surface area contributed by atoms with Gasteiger partial charge in [0.1, 0.15) is 11.1 Å². The molecule has 4 bridgehead atoms. The third-order valence-electron chi connectivity index (χ3n) is 6.71. The summed E-state index contributed by atoms with van der Waals surface area (Å²) in [6.45, 7) is 1.05. The summed E-state index contributed by atoms with van der Waals surface area (Å²) in [6.07, 6.45) is 6.63. The zero-order valence-electron chi connectivity index (χ0n) is 16.7. The SMILES string of the molecule is CC(N)(Cc1ccc(O)c(O)c1)C(=O)OCC(=O)OC12CC3CC(CC(C3)C1)C2. The van der Waals surface area contributed by atoms with Crippen LogP contribution in [0.1, 0.15) is 51.0 Å². The zero-order valence-corrected chi connectivity index (χ0v) is 16.7. The Morgan fingerprint density at radius 3 is 2.24 bits per heavy atom. The normalized spacial score (nSPS) is 31.9. The van der Waals surface area contributed by atoms with Gasteiger partial charge in [0.05, 0.1) is 0 Å². The molecule has 29 heavy (non-hydrogen) atoms. The first kappa shape index (κ1) is 20.0. The molecule has 1 atom stereocenters. The van der Waals surface area contributed by atoms with Crippen molar-refractivity contribution < 1.29 is 29.3 Å². The molecule has 0 amide bonds. The smallest absolute Gasteiger partial charge is 0.344 e. The fraction of sp³-hybridized carbons (Fsp3) is 0.636. The van der Waals surface area contributed by atoms with E-state index in [1.54, 1.807) is 6.07 Å². The van der Waals surface area contributed by atoms with E-state index in [0.29, 0.717) is 23.3 Å². The molecule has 5 rings (SSSR count). The monoisotopic (exact) mass is 403 g/mol. The summed E-state index contributed by atoms with van der Waals surface area (Å²) in [5.74, 6) is 0.209. The molecule has 7 heteroatoms. The number of ether oxygens (including phenoxy) is 2. The number of phenols is 2. The Morgan fingerprint density at radius 1 is 1.10 bits per heavy atom. The number of carbonyl (C=O) groups excluding carboxylic acids is 2. The van der Waals surface area contributed by atoms with Crippen LogP contribution in [0.3, 0.4) is 0 Å². The van der Waals surface area contributed by atoms with Crippen LogP contribution < -0.4 is 5.73 Å². The van der Waals surface area contributed by atoms with E-state index < -0.39 is 24.1 Å². The summed E-state index contributed by atoms with van der Waals surface area (Å²) >= 11 is 0. The van der Waals surface area contributed by atoms with Gasteiger partial charge in [-0.1, -0.05) is 6.07 Å². The van der Waals surface area contributed by atoms with Gasteiger partial charge in [0, 0.05) is 6.42 Å². The van der Waals surface area contributed by atoms with Crippen LogP contribution in [0.15, 0.2) is 18.2 Å². The van der Waals surface area contributed by atoms with Crippen molar-refractivity contribution in [2.75, 3.05) is 6.61 Å². The van der Waals surface area contributed by atoms with Crippen molar-refractivity contribution in [3.63, 3.8) is 0 Å². The maximum absolute atomic E-state index is 12.4. The Morgan fingerprint density at radius 2 is 1.69 bits per heavy atom. The fourth-order valence-electron chi connectivity index (χ4n) is 5.89. The molecule has 0 aromatic heterocycles. The van der Waals surface area contributed by atoms with Crippen molar-refractivity contribution in [2.45, 2.75) is 63.0 Å². The molecular formula is C22H29NO6. The van der Waals surface area contributed by atoms with Crippen molar-refractivity contribution in [1.29, 1.82) is 0 Å². The summed E-state index contributed by atoms with van der Waals surface area (Å²) in [5.41, 5.74) is 4.90. The Kier molecular flexibility index (Phi) is 4.97. The second-order valence-corrected chi connectivity index (χ2v) is 9.57.